The Balaban J connectivity index is 1.49. The van der Waals surface area contributed by atoms with E-state index in [0.717, 1.165) is 18.4 Å². The van der Waals surface area contributed by atoms with Gasteiger partial charge in [-0.2, -0.15) is 0 Å². The smallest absolute Gasteiger partial charge is 0.0351 e. The van der Waals surface area contributed by atoms with Crippen molar-refractivity contribution in [3.63, 3.8) is 0 Å². The molecule has 0 saturated heterocycles. The zero-order chi connectivity index (χ0) is 13.8. The summed E-state index contributed by atoms with van der Waals surface area (Å²) in [7, 11) is 0. The van der Waals surface area contributed by atoms with Gasteiger partial charge in [0.05, 0.1) is 0 Å². The summed E-state index contributed by atoms with van der Waals surface area (Å²) in [6.07, 6.45) is 5.71. The number of nitrogens with one attached hydrogen (secondary N) is 1. The molecule has 0 aliphatic heterocycles. The van der Waals surface area contributed by atoms with Gasteiger partial charge in [0.1, 0.15) is 0 Å². The van der Waals surface area contributed by atoms with Crippen LogP contribution in [0.15, 0.2) is 29.0 Å². The van der Waals surface area contributed by atoms with E-state index < -0.39 is 0 Å². The third kappa shape index (κ3) is 3.51. The fraction of sp³-hybridized carbons (Fsp3) is 0.529. The first kappa shape index (κ1) is 14.3. The second-order valence-corrected chi connectivity index (χ2v) is 7.88. The fourth-order valence-electron chi connectivity index (χ4n) is 3.12. The van der Waals surface area contributed by atoms with Crippen molar-refractivity contribution in [3.05, 3.63) is 33.8 Å². The van der Waals surface area contributed by atoms with Crippen LogP contribution >= 0.6 is 22.7 Å². The van der Waals surface area contributed by atoms with E-state index in [0.29, 0.717) is 0 Å². The third-order valence-corrected chi connectivity index (χ3v) is 6.31. The first-order chi connectivity index (χ1) is 9.83. The van der Waals surface area contributed by atoms with Crippen LogP contribution in [0, 0.1) is 11.8 Å². The number of rotatable bonds is 5. The van der Waals surface area contributed by atoms with Gasteiger partial charge in [0.25, 0.3) is 0 Å². The summed E-state index contributed by atoms with van der Waals surface area (Å²) in [5.74, 6) is 1.79. The van der Waals surface area contributed by atoms with Crippen molar-refractivity contribution in [1.82, 2.24) is 5.32 Å². The van der Waals surface area contributed by atoms with E-state index in [2.05, 4.69) is 41.2 Å². The minimum Gasteiger partial charge on any atom is -0.312 e. The summed E-state index contributed by atoms with van der Waals surface area (Å²) in [4.78, 5) is 2.84. The summed E-state index contributed by atoms with van der Waals surface area (Å²) in [5, 5.41) is 8.11. The van der Waals surface area contributed by atoms with Gasteiger partial charge in [-0.25, -0.2) is 0 Å². The Morgan fingerprint density at radius 1 is 1.25 bits per heavy atom. The van der Waals surface area contributed by atoms with E-state index in [-0.39, 0.29) is 0 Å². The Hall–Kier alpha value is -0.640. The van der Waals surface area contributed by atoms with Crippen molar-refractivity contribution in [2.45, 2.75) is 39.2 Å². The molecule has 0 aromatic carbocycles. The molecule has 3 heteroatoms. The van der Waals surface area contributed by atoms with Crippen molar-refractivity contribution in [2.75, 3.05) is 6.54 Å². The van der Waals surface area contributed by atoms with Crippen LogP contribution < -0.4 is 5.32 Å². The van der Waals surface area contributed by atoms with E-state index in [1.54, 1.807) is 0 Å². The summed E-state index contributed by atoms with van der Waals surface area (Å²) >= 11 is 3.70. The van der Waals surface area contributed by atoms with Gasteiger partial charge in [-0.1, -0.05) is 32.3 Å². The predicted molar refractivity (Wildman–Crippen MR) is 90.5 cm³/mol. The molecular formula is C17H23NS2. The molecule has 0 radical (unpaired) electrons. The summed E-state index contributed by atoms with van der Waals surface area (Å²) in [5.41, 5.74) is 1.38. The lowest BCUT2D eigenvalue weighted by Gasteiger charge is -2.28. The monoisotopic (exact) mass is 305 g/mol. The Labute approximate surface area is 130 Å². The van der Waals surface area contributed by atoms with Gasteiger partial charge in [-0.05, 0) is 47.7 Å². The van der Waals surface area contributed by atoms with Crippen LogP contribution in [-0.2, 0) is 6.54 Å². The molecule has 2 atom stereocenters. The second-order valence-electron chi connectivity index (χ2n) is 5.93. The fourth-order valence-corrected chi connectivity index (χ4v) is 4.77. The molecule has 1 saturated carbocycles. The third-order valence-electron chi connectivity index (χ3n) is 4.45. The van der Waals surface area contributed by atoms with Crippen molar-refractivity contribution >= 4 is 22.7 Å². The Morgan fingerprint density at radius 3 is 2.95 bits per heavy atom. The molecule has 0 spiro atoms. The number of hydrogen-bond acceptors (Lipinski definition) is 3. The maximum atomic E-state index is 3.67. The molecule has 3 rings (SSSR count). The highest BCUT2D eigenvalue weighted by Gasteiger charge is 2.20. The van der Waals surface area contributed by atoms with E-state index in [9.17, 15) is 0 Å². The molecule has 1 N–H and O–H groups in total. The average Bonchev–Trinajstić information content (AvgIpc) is 3.11. The molecular weight excluding hydrogens is 282 g/mol. The van der Waals surface area contributed by atoms with Crippen LogP contribution in [0.25, 0.3) is 10.4 Å². The Kier molecular flexibility index (Phi) is 4.92. The van der Waals surface area contributed by atoms with E-state index >= 15 is 0 Å². The maximum Gasteiger partial charge on any atom is 0.0351 e. The molecule has 1 nitrogen and oxygen atoms in total. The molecule has 0 amide bonds. The van der Waals surface area contributed by atoms with Gasteiger partial charge < -0.3 is 5.32 Å². The summed E-state index contributed by atoms with van der Waals surface area (Å²) in [6.45, 7) is 4.64. The van der Waals surface area contributed by atoms with Gasteiger partial charge in [-0.15, -0.1) is 22.7 Å². The van der Waals surface area contributed by atoms with Crippen molar-refractivity contribution in [1.29, 1.82) is 0 Å². The molecule has 2 unspecified atom stereocenters. The summed E-state index contributed by atoms with van der Waals surface area (Å²) < 4.78 is 0. The lowest BCUT2D eigenvalue weighted by atomic mass is 9.80. The largest absolute Gasteiger partial charge is 0.312 e. The Morgan fingerprint density at radius 2 is 2.15 bits per heavy atom. The van der Waals surface area contributed by atoms with Crippen molar-refractivity contribution in [3.8, 4) is 10.4 Å². The molecule has 1 fully saturated rings. The van der Waals surface area contributed by atoms with Crippen LogP contribution in [0.3, 0.4) is 0 Å². The van der Waals surface area contributed by atoms with Crippen LogP contribution in [0.4, 0.5) is 0 Å². The van der Waals surface area contributed by atoms with Gasteiger partial charge in [0.2, 0.25) is 0 Å². The van der Waals surface area contributed by atoms with Crippen LogP contribution in [0.1, 0.15) is 37.5 Å². The normalized spacial score (nSPS) is 23.1. The minimum absolute atomic E-state index is 0.889. The minimum atomic E-state index is 0.889. The average molecular weight is 306 g/mol. The SMILES string of the molecule is CC1CCCCC1CNCc1cc(-c2cccs2)cs1. The zero-order valence-electron chi connectivity index (χ0n) is 12.1. The highest BCUT2D eigenvalue weighted by Crippen LogP contribution is 2.30. The summed E-state index contributed by atoms with van der Waals surface area (Å²) in [6, 6.07) is 6.67. The van der Waals surface area contributed by atoms with E-state index in [1.807, 2.05) is 22.7 Å². The van der Waals surface area contributed by atoms with Gasteiger partial charge >= 0.3 is 0 Å². The standard InChI is InChI=1S/C17H23NS2/c1-13-5-2-3-6-14(13)10-18-11-16-9-15(12-20-16)17-7-4-8-19-17/h4,7-9,12-14,18H,2-3,5-6,10-11H2,1H3. The second kappa shape index (κ2) is 6.88. The number of thiophene rings is 2. The molecule has 2 aromatic heterocycles. The van der Waals surface area contributed by atoms with Crippen LogP contribution in [0.5, 0.6) is 0 Å². The molecule has 2 aromatic rings. The first-order valence-electron chi connectivity index (χ1n) is 7.65. The molecule has 1 aliphatic carbocycles. The van der Waals surface area contributed by atoms with Gasteiger partial charge in [0, 0.05) is 21.9 Å². The van der Waals surface area contributed by atoms with Crippen molar-refractivity contribution < 1.29 is 0 Å². The zero-order valence-corrected chi connectivity index (χ0v) is 13.7. The molecule has 1 aliphatic rings. The van der Waals surface area contributed by atoms with Crippen molar-refractivity contribution in [2.24, 2.45) is 11.8 Å². The topological polar surface area (TPSA) is 12.0 Å². The quantitative estimate of drug-likeness (QED) is 0.780. The maximum absolute atomic E-state index is 3.67. The van der Waals surface area contributed by atoms with E-state index in [1.165, 1.54) is 47.5 Å². The molecule has 108 valence electrons. The highest BCUT2D eigenvalue weighted by atomic mass is 32.1. The molecule has 2 heterocycles. The predicted octanol–water partition coefficient (Wildman–Crippen LogP) is 5.39. The number of hydrogen-bond donors (Lipinski definition) is 1. The Bertz CT molecular complexity index is 515. The highest BCUT2D eigenvalue weighted by molar-refractivity contribution is 7.14. The van der Waals surface area contributed by atoms with Crippen LogP contribution in [0.2, 0.25) is 0 Å². The lowest BCUT2D eigenvalue weighted by Crippen LogP contribution is -2.28. The molecule has 20 heavy (non-hydrogen) atoms. The van der Waals surface area contributed by atoms with Gasteiger partial charge in [0.15, 0.2) is 0 Å². The van der Waals surface area contributed by atoms with Crippen LogP contribution in [-0.4, -0.2) is 6.54 Å². The van der Waals surface area contributed by atoms with E-state index in [4.69, 9.17) is 0 Å². The van der Waals surface area contributed by atoms with Gasteiger partial charge in [-0.3, -0.25) is 0 Å². The lowest BCUT2D eigenvalue weighted by molar-refractivity contribution is 0.248. The molecule has 0 bridgehead atoms. The first-order valence-corrected chi connectivity index (χ1v) is 9.41.